The molecule has 0 aliphatic rings. The van der Waals surface area contributed by atoms with Gasteiger partial charge in [0.2, 0.25) is 0 Å². The van der Waals surface area contributed by atoms with Gasteiger partial charge in [0.1, 0.15) is 0 Å². The van der Waals surface area contributed by atoms with Crippen LogP contribution in [0.3, 0.4) is 0 Å². The van der Waals surface area contributed by atoms with Gasteiger partial charge in [-0.1, -0.05) is 23.8 Å². The number of hydrogen-bond acceptors (Lipinski definition) is 2. The average Bonchev–Trinajstić information content (AvgIpc) is 2.32. The van der Waals surface area contributed by atoms with Gasteiger partial charge in [0.15, 0.2) is 5.78 Å². The number of nitrogens with zero attached hydrogens (tertiary/aromatic N) is 1. The van der Waals surface area contributed by atoms with Crippen molar-refractivity contribution in [2.75, 3.05) is 0 Å². The monoisotopic (exact) mass is 225 g/mol. The van der Waals surface area contributed by atoms with Crippen molar-refractivity contribution in [3.63, 3.8) is 0 Å². The van der Waals surface area contributed by atoms with E-state index >= 15 is 0 Å². The van der Waals surface area contributed by atoms with Crippen LogP contribution in [0.15, 0.2) is 42.7 Å². The van der Waals surface area contributed by atoms with Gasteiger partial charge in [-0.15, -0.1) is 0 Å². The molecule has 2 aromatic rings. The first-order valence-corrected chi connectivity index (χ1v) is 5.66. The molecule has 86 valence electrons. The summed E-state index contributed by atoms with van der Waals surface area (Å²) in [6.07, 6.45) is 3.93. The molecule has 0 aliphatic heterocycles. The summed E-state index contributed by atoms with van der Waals surface area (Å²) in [7, 11) is 0. The summed E-state index contributed by atoms with van der Waals surface area (Å²) < 4.78 is 0. The van der Waals surface area contributed by atoms with Gasteiger partial charge in [0.05, 0.1) is 0 Å². The first-order valence-electron chi connectivity index (χ1n) is 5.66. The van der Waals surface area contributed by atoms with Gasteiger partial charge >= 0.3 is 0 Å². The summed E-state index contributed by atoms with van der Waals surface area (Å²) in [6, 6.07) is 9.62. The van der Waals surface area contributed by atoms with E-state index < -0.39 is 0 Å². The van der Waals surface area contributed by atoms with Gasteiger partial charge in [-0.3, -0.25) is 9.78 Å². The highest BCUT2D eigenvalue weighted by Gasteiger charge is 2.08. The summed E-state index contributed by atoms with van der Waals surface area (Å²) in [6.45, 7) is 3.99. The minimum atomic E-state index is 0.143. The zero-order valence-corrected chi connectivity index (χ0v) is 10.1. The third-order valence-electron chi connectivity index (χ3n) is 2.84. The van der Waals surface area contributed by atoms with Crippen molar-refractivity contribution in [2.24, 2.45) is 0 Å². The molecule has 0 unspecified atom stereocenters. The summed E-state index contributed by atoms with van der Waals surface area (Å²) in [4.78, 5) is 16.1. The summed E-state index contributed by atoms with van der Waals surface area (Å²) >= 11 is 0. The van der Waals surface area contributed by atoms with Gasteiger partial charge in [0.25, 0.3) is 0 Å². The van der Waals surface area contributed by atoms with Crippen LogP contribution in [0.1, 0.15) is 27.0 Å². The topological polar surface area (TPSA) is 30.0 Å². The number of Topliss-reactive ketones (excluding diaryl/α,β-unsaturated/α-hetero) is 1. The first kappa shape index (κ1) is 11.5. The van der Waals surface area contributed by atoms with E-state index in [9.17, 15) is 4.79 Å². The molecular weight excluding hydrogens is 210 g/mol. The second kappa shape index (κ2) is 4.91. The minimum absolute atomic E-state index is 0.143. The van der Waals surface area contributed by atoms with Crippen LogP contribution in [0, 0.1) is 13.8 Å². The highest BCUT2D eigenvalue weighted by molar-refractivity contribution is 5.97. The molecular formula is C15H15NO. The van der Waals surface area contributed by atoms with Crippen LogP contribution in [-0.2, 0) is 6.42 Å². The van der Waals surface area contributed by atoms with Crippen molar-refractivity contribution in [3.05, 3.63) is 65.0 Å². The number of carbonyl (C=O) groups is 1. The average molecular weight is 225 g/mol. The fourth-order valence-corrected chi connectivity index (χ4v) is 1.78. The van der Waals surface area contributed by atoms with Crippen LogP contribution < -0.4 is 0 Å². The van der Waals surface area contributed by atoms with E-state index in [0.29, 0.717) is 6.42 Å². The third kappa shape index (κ3) is 2.78. The Kier molecular flexibility index (Phi) is 3.33. The Morgan fingerprint density at radius 1 is 1.24 bits per heavy atom. The Morgan fingerprint density at radius 3 is 2.76 bits per heavy atom. The Hall–Kier alpha value is -1.96. The number of benzene rings is 1. The molecule has 17 heavy (non-hydrogen) atoms. The highest BCUT2D eigenvalue weighted by Crippen LogP contribution is 2.11. The quantitative estimate of drug-likeness (QED) is 0.751. The number of carbonyl (C=O) groups excluding carboxylic acids is 1. The smallest absolute Gasteiger partial charge is 0.167 e. The lowest BCUT2D eigenvalue weighted by atomic mass is 10.0. The fraction of sp³-hybridized carbons (Fsp3) is 0.200. The second-order valence-corrected chi connectivity index (χ2v) is 4.27. The Labute approximate surface area is 101 Å². The van der Waals surface area contributed by atoms with E-state index in [1.54, 1.807) is 12.4 Å². The summed E-state index contributed by atoms with van der Waals surface area (Å²) in [5.41, 5.74) is 3.99. The normalized spacial score (nSPS) is 10.2. The largest absolute Gasteiger partial charge is 0.294 e. The molecule has 0 amide bonds. The fourth-order valence-electron chi connectivity index (χ4n) is 1.78. The molecule has 0 bridgehead atoms. The summed E-state index contributed by atoms with van der Waals surface area (Å²) in [5, 5.41) is 0. The maximum Gasteiger partial charge on any atom is 0.167 e. The summed E-state index contributed by atoms with van der Waals surface area (Å²) in [5.74, 6) is 0.143. The maximum atomic E-state index is 12.1. The molecule has 0 atom stereocenters. The molecule has 2 rings (SSSR count). The van der Waals surface area contributed by atoms with Crippen LogP contribution in [0.5, 0.6) is 0 Å². The molecule has 0 aliphatic carbocycles. The van der Waals surface area contributed by atoms with Crippen molar-refractivity contribution < 1.29 is 4.79 Å². The Morgan fingerprint density at radius 2 is 2.06 bits per heavy atom. The molecule has 0 saturated heterocycles. The van der Waals surface area contributed by atoms with Gasteiger partial charge in [-0.05, 0) is 37.1 Å². The van der Waals surface area contributed by atoms with Gasteiger partial charge < -0.3 is 0 Å². The number of ketones is 1. The lowest BCUT2D eigenvalue weighted by molar-refractivity contribution is 0.0992. The van der Waals surface area contributed by atoms with Gasteiger partial charge in [-0.25, -0.2) is 0 Å². The van der Waals surface area contributed by atoms with E-state index in [4.69, 9.17) is 0 Å². The van der Waals surface area contributed by atoms with Crippen molar-refractivity contribution in [1.29, 1.82) is 0 Å². The van der Waals surface area contributed by atoms with E-state index in [-0.39, 0.29) is 5.78 Å². The van der Waals surface area contributed by atoms with Crippen LogP contribution in [0.4, 0.5) is 0 Å². The van der Waals surface area contributed by atoms with E-state index in [0.717, 1.165) is 22.3 Å². The standard InChI is InChI=1S/C15H15NO/c1-11-4-3-5-13(8-11)15(17)9-14-10-16-7-6-12(14)2/h3-8,10H,9H2,1-2H3. The number of aromatic nitrogens is 1. The van der Waals surface area contributed by atoms with Crippen LogP contribution in [-0.4, -0.2) is 10.8 Å². The predicted molar refractivity (Wildman–Crippen MR) is 68.2 cm³/mol. The molecule has 1 aromatic carbocycles. The van der Waals surface area contributed by atoms with Gasteiger partial charge in [-0.2, -0.15) is 0 Å². The van der Waals surface area contributed by atoms with Crippen molar-refractivity contribution >= 4 is 5.78 Å². The lowest BCUT2D eigenvalue weighted by Gasteiger charge is -2.04. The van der Waals surface area contributed by atoms with E-state index in [1.807, 2.05) is 44.2 Å². The Balaban J connectivity index is 2.20. The number of aryl methyl sites for hydroxylation is 2. The SMILES string of the molecule is Cc1cccc(C(=O)Cc2cnccc2C)c1. The molecule has 1 aromatic heterocycles. The Bertz CT molecular complexity index is 546. The molecule has 0 saturated carbocycles. The molecule has 2 nitrogen and oxygen atoms in total. The molecule has 0 fully saturated rings. The molecule has 0 radical (unpaired) electrons. The zero-order chi connectivity index (χ0) is 12.3. The predicted octanol–water partition coefficient (Wildman–Crippen LogP) is 3.12. The zero-order valence-electron chi connectivity index (χ0n) is 10.1. The third-order valence-corrected chi connectivity index (χ3v) is 2.84. The van der Waals surface area contributed by atoms with Crippen molar-refractivity contribution in [3.8, 4) is 0 Å². The number of rotatable bonds is 3. The molecule has 2 heteroatoms. The highest BCUT2D eigenvalue weighted by atomic mass is 16.1. The van der Waals surface area contributed by atoms with Crippen molar-refractivity contribution in [1.82, 2.24) is 4.98 Å². The minimum Gasteiger partial charge on any atom is -0.294 e. The number of hydrogen-bond donors (Lipinski definition) is 0. The first-order chi connectivity index (χ1) is 8.16. The molecule has 1 heterocycles. The van der Waals surface area contributed by atoms with Crippen molar-refractivity contribution in [2.45, 2.75) is 20.3 Å². The lowest BCUT2D eigenvalue weighted by Crippen LogP contribution is -2.05. The maximum absolute atomic E-state index is 12.1. The van der Waals surface area contributed by atoms with E-state index in [2.05, 4.69) is 4.98 Å². The molecule has 0 N–H and O–H groups in total. The van der Waals surface area contributed by atoms with Crippen LogP contribution in [0.25, 0.3) is 0 Å². The number of pyridine rings is 1. The van der Waals surface area contributed by atoms with Crippen LogP contribution >= 0.6 is 0 Å². The van der Waals surface area contributed by atoms with Gasteiger partial charge in [0, 0.05) is 24.4 Å². The second-order valence-electron chi connectivity index (χ2n) is 4.27. The van der Waals surface area contributed by atoms with Crippen LogP contribution in [0.2, 0.25) is 0 Å². The molecule has 0 spiro atoms. The van der Waals surface area contributed by atoms with E-state index in [1.165, 1.54) is 0 Å².